The van der Waals surface area contributed by atoms with Crippen molar-refractivity contribution < 1.29 is 4.43 Å². The van der Waals surface area contributed by atoms with Gasteiger partial charge in [-0.15, -0.1) is 0 Å². The Morgan fingerprint density at radius 2 is 1.24 bits per heavy atom. The summed E-state index contributed by atoms with van der Waals surface area (Å²) in [5.74, 6) is 12.7. The third-order valence-electron chi connectivity index (χ3n) is 4.35. The van der Waals surface area contributed by atoms with Crippen molar-refractivity contribution in [1.82, 2.24) is 0 Å². The Hall–Kier alpha value is -2.13. The number of hydrogen-bond acceptors (Lipinski definition) is 1. The van der Waals surface area contributed by atoms with Crippen LogP contribution in [0.2, 0.25) is 23.2 Å². The van der Waals surface area contributed by atoms with E-state index in [9.17, 15) is 0 Å². The number of benzene rings is 2. The molecule has 0 atom stereocenters. The van der Waals surface area contributed by atoms with Crippen molar-refractivity contribution in [1.29, 1.82) is 0 Å². The van der Waals surface area contributed by atoms with Crippen LogP contribution in [0.25, 0.3) is 0 Å². The molecule has 0 aliphatic heterocycles. The third-order valence-corrected chi connectivity index (χ3v) is 8.96. The zero-order valence-corrected chi connectivity index (χ0v) is 17.2. The minimum Gasteiger partial charge on any atom is -0.544 e. The topological polar surface area (TPSA) is 9.23 Å². The highest BCUT2D eigenvalue weighted by atomic mass is 35.5. The summed E-state index contributed by atoms with van der Waals surface area (Å²) in [4.78, 5) is 0. The number of hydrogen-bond donors (Lipinski definition) is 0. The van der Waals surface area contributed by atoms with Crippen LogP contribution in [0.5, 0.6) is 5.75 Å². The molecule has 3 heteroatoms. The van der Waals surface area contributed by atoms with Gasteiger partial charge in [-0.2, -0.15) is 0 Å². The Bertz CT molecular complexity index is 836. The van der Waals surface area contributed by atoms with E-state index in [1.54, 1.807) is 0 Å². The third kappa shape index (κ3) is 5.71. The van der Waals surface area contributed by atoms with Crippen LogP contribution in [0.4, 0.5) is 0 Å². The number of rotatable bonds is 2. The maximum Gasteiger partial charge on any atom is 0.250 e. The molecule has 0 aliphatic rings. The van der Waals surface area contributed by atoms with Gasteiger partial charge in [-0.1, -0.05) is 44.2 Å². The van der Waals surface area contributed by atoms with Crippen molar-refractivity contribution in [2.24, 2.45) is 0 Å². The van der Waals surface area contributed by atoms with Gasteiger partial charge < -0.3 is 4.43 Å². The highest BCUT2D eigenvalue weighted by molar-refractivity contribution is 6.74. The van der Waals surface area contributed by atoms with Crippen LogP contribution in [0.15, 0.2) is 48.5 Å². The molecule has 0 amide bonds. The molecule has 0 aromatic heterocycles. The normalized spacial score (nSPS) is 11.0. The quantitative estimate of drug-likeness (QED) is 0.459. The minimum absolute atomic E-state index is 0.183. The van der Waals surface area contributed by atoms with Crippen LogP contribution < -0.4 is 4.43 Å². The van der Waals surface area contributed by atoms with Crippen molar-refractivity contribution in [3.63, 3.8) is 0 Å². The van der Waals surface area contributed by atoms with E-state index in [0.717, 1.165) is 16.9 Å². The Morgan fingerprint density at radius 3 is 1.68 bits per heavy atom. The summed E-state index contributed by atoms with van der Waals surface area (Å²) >= 11 is 5.85. The van der Waals surface area contributed by atoms with Crippen molar-refractivity contribution >= 4 is 19.9 Å². The van der Waals surface area contributed by atoms with Crippen molar-refractivity contribution in [2.75, 3.05) is 0 Å². The molecule has 0 radical (unpaired) electrons. The van der Waals surface area contributed by atoms with Gasteiger partial charge in [0.2, 0.25) is 8.32 Å². The molecule has 128 valence electrons. The predicted octanol–water partition coefficient (Wildman–Crippen LogP) is 6.13. The first-order valence-corrected chi connectivity index (χ1v) is 11.5. The zero-order chi connectivity index (χ0) is 18.5. The second-order valence-corrected chi connectivity index (χ2v) is 12.6. The lowest BCUT2D eigenvalue weighted by Crippen LogP contribution is -2.43. The lowest BCUT2D eigenvalue weighted by Gasteiger charge is -2.36. The average molecular weight is 367 g/mol. The van der Waals surface area contributed by atoms with E-state index in [-0.39, 0.29) is 5.04 Å². The maximum atomic E-state index is 6.27. The lowest BCUT2D eigenvalue weighted by molar-refractivity contribution is 0.492. The fourth-order valence-corrected chi connectivity index (χ4v) is 2.95. The van der Waals surface area contributed by atoms with Gasteiger partial charge in [0, 0.05) is 16.1 Å². The minimum atomic E-state index is -1.80. The zero-order valence-electron chi connectivity index (χ0n) is 15.4. The first-order chi connectivity index (χ1) is 11.7. The molecule has 0 spiro atoms. The molecule has 0 fully saturated rings. The molecule has 1 nitrogen and oxygen atoms in total. The molecule has 2 aromatic rings. The molecule has 0 aliphatic carbocycles. The van der Waals surface area contributed by atoms with Crippen LogP contribution in [-0.4, -0.2) is 8.32 Å². The molecule has 2 aromatic carbocycles. The molecule has 0 bridgehead atoms. The van der Waals surface area contributed by atoms with Crippen molar-refractivity contribution in [3.05, 3.63) is 64.7 Å². The molecule has 25 heavy (non-hydrogen) atoms. The molecule has 0 saturated heterocycles. The van der Waals surface area contributed by atoms with Gasteiger partial charge in [-0.25, -0.2) is 0 Å². The van der Waals surface area contributed by atoms with Crippen LogP contribution in [-0.2, 0) is 0 Å². The first kappa shape index (κ1) is 19.2. The van der Waals surface area contributed by atoms with E-state index < -0.39 is 8.32 Å². The molecule has 0 N–H and O–H groups in total. The second-order valence-electron chi connectivity index (χ2n) is 7.39. The summed E-state index contributed by atoms with van der Waals surface area (Å²) in [5, 5.41) is 0.888. The molecular weight excluding hydrogens is 344 g/mol. The Balaban J connectivity index is 2.03. The maximum absolute atomic E-state index is 6.27. The number of halogens is 1. The summed E-state index contributed by atoms with van der Waals surface area (Å²) in [6.45, 7) is 11.2. The summed E-state index contributed by atoms with van der Waals surface area (Å²) in [5.41, 5.74) is 1.82. The SMILES string of the molecule is CC(C)(C)[Si](C)(C)Oc1ccc(C#CC#Cc2ccc(Cl)cc2)cc1. The fraction of sp³-hybridized carbons (Fsp3) is 0.273. The van der Waals surface area contributed by atoms with Crippen molar-refractivity contribution in [2.45, 2.75) is 38.9 Å². The monoisotopic (exact) mass is 366 g/mol. The van der Waals surface area contributed by atoms with Gasteiger partial charge in [0.25, 0.3) is 0 Å². The van der Waals surface area contributed by atoms with E-state index in [1.807, 2.05) is 48.5 Å². The molecular formula is C22H23ClOSi. The highest BCUT2D eigenvalue weighted by Crippen LogP contribution is 2.37. The van der Waals surface area contributed by atoms with E-state index in [4.69, 9.17) is 16.0 Å². The van der Waals surface area contributed by atoms with Gasteiger partial charge in [0.15, 0.2) is 0 Å². The predicted molar refractivity (Wildman–Crippen MR) is 109 cm³/mol. The van der Waals surface area contributed by atoms with Crippen LogP contribution in [0, 0.1) is 23.7 Å². The van der Waals surface area contributed by atoms with Gasteiger partial charge in [-0.3, -0.25) is 0 Å². The lowest BCUT2D eigenvalue weighted by atomic mass is 10.2. The molecule has 2 rings (SSSR count). The van der Waals surface area contributed by atoms with Crippen LogP contribution >= 0.6 is 11.6 Å². The van der Waals surface area contributed by atoms with Crippen LogP contribution in [0.1, 0.15) is 31.9 Å². The molecule has 0 unspecified atom stereocenters. The Morgan fingerprint density at radius 1 is 0.800 bits per heavy atom. The summed E-state index contributed by atoms with van der Waals surface area (Å²) in [7, 11) is -1.80. The van der Waals surface area contributed by atoms with E-state index in [0.29, 0.717) is 5.02 Å². The van der Waals surface area contributed by atoms with E-state index >= 15 is 0 Å². The fourth-order valence-electron chi connectivity index (χ4n) is 1.79. The highest BCUT2D eigenvalue weighted by Gasteiger charge is 2.38. The van der Waals surface area contributed by atoms with Gasteiger partial charge in [-0.05, 0) is 78.5 Å². The van der Waals surface area contributed by atoms with Crippen molar-refractivity contribution in [3.8, 4) is 29.4 Å². The summed E-state index contributed by atoms with van der Waals surface area (Å²) in [6.07, 6.45) is 0. The van der Waals surface area contributed by atoms with E-state index in [2.05, 4.69) is 57.5 Å². The average Bonchev–Trinajstić information content (AvgIpc) is 2.53. The smallest absolute Gasteiger partial charge is 0.250 e. The summed E-state index contributed by atoms with van der Waals surface area (Å²) < 4.78 is 6.27. The molecule has 0 heterocycles. The standard InChI is InChI=1S/C22H23ClOSi/c1-22(2,3)25(4,5)24-21-16-12-19(13-17-21)9-7-6-8-18-10-14-20(23)15-11-18/h10-17H,1-5H3. The Labute approximate surface area is 157 Å². The largest absolute Gasteiger partial charge is 0.544 e. The first-order valence-electron chi connectivity index (χ1n) is 8.24. The second kappa shape index (κ2) is 7.83. The molecule has 0 saturated carbocycles. The Kier molecular flexibility index (Phi) is 6.01. The summed E-state index contributed by atoms with van der Waals surface area (Å²) in [6, 6.07) is 15.3. The van der Waals surface area contributed by atoms with E-state index in [1.165, 1.54) is 0 Å². The van der Waals surface area contributed by atoms with Crippen LogP contribution in [0.3, 0.4) is 0 Å². The van der Waals surface area contributed by atoms with Gasteiger partial charge in [0.05, 0.1) is 0 Å². The van der Waals surface area contributed by atoms with Gasteiger partial charge in [0.1, 0.15) is 5.75 Å². The van der Waals surface area contributed by atoms with Gasteiger partial charge >= 0.3 is 0 Å².